The van der Waals surface area contributed by atoms with Crippen molar-refractivity contribution in [2.45, 2.75) is 31.9 Å². The molecule has 0 heterocycles. The highest BCUT2D eigenvalue weighted by molar-refractivity contribution is 5.29. The molecule has 1 unspecified atom stereocenters. The number of hydrogen-bond acceptors (Lipinski definition) is 2. The largest absolute Gasteiger partial charge is 0.463 e. The molecule has 1 rings (SSSR count). The van der Waals surface area contributed by atoms with Gasteiger partial charge >= 0.3 is 12.0 Å². The van der Waals surface area contributed by atoms with Crippen LogP contribution in [0, 0.1) is 0 Å². The average Bonchev–Trinajstić information content (AvgIpc) is 2.16. The number of ether oxygens (including phenoxy) is 1. The molecular weight excluding hydrogens is 238 g/mol. The van der Waals surface area contributed by atoms with Crippen molar-refractivity contribution < 1.29 is 22.3 Å². The van der Waals surface area contributed by atoms with Gasteiger partial charge in [0.1, 0.15) is 5.75 Å². The van der Waals surface area contributed by atoms with Crippen LogP contribution in [0.3, 0.4) is 0 Å². The Balaban J connectivity index is 2.83. The van der Waals surface area contributed by atoms with Gasteiger partial charge < -0.3 is 10.5 Å². The SMILES string of the molecule is CC(N)c1ccc(OC(F)(F)C(C)(F)F)cc1. The summed E-state index contributed by atoms with van der Waals surface area (Å²) in [6.45, 7) is 1.81. The Morgan fingerprint density at radius 1 is 1.12 bits per heavy atom. The Hall–Kier alpha value is -1.30. The minimum Gasteiger partial charge on any atom is -0.428 e. The molecule has 0 radical (unpaired) electrons. The van der Waals surface area contributed by atoms with Crippen LogP contribution < -0.4 is 10.5 Å². The number of alkyl halides is 4. The van der Waals surface area contributed by atoms with Crippen LogP contribution in [-0.4, -0.2) is 12.0 Å². The van der Waals surface area contributed by atoms with Gasteiger partial charge in [-0.2, -0.15) is 17.6 Å². The highest BCUT2D eigenvalue weighted by Crippen LogP contribution is 2.35. The third-order valence-electron chi connectivity index (χ3n) is 2.16. The first-order chi connectivity index (χ1) is 7.63. The van der Waals surface area contributed by atoms with Gasteiger partial charge in [-0.15, -0.1) is 0 Å². The van der Waals surface area contributed by atoms with Gasteiger partial charge in [-0.05, 0) is 24.6 Å². The second-order valence-corrected chi connectivity index (χ2v) is 3.86. The summed E-state index contributed by atoms with van der Waals surface area (Å²) in [6, 6.07) is 4.99. The monoisotopic (exact) mass is 251 g/mol. The van der Waals surface area contributed by atoms with E-state index >= 15 is 0 Å². The molecule has 0 aliphatic carbocycles. The molecule has 1 atom stereocenters. The Morgan fingerprint density at radius 3 is 1.94 bits per heavy atom. The molecule has 0 saturated heterocycles. The molecule has 0 aliphatic heterocycles. The highest BCUT2D eigenvalue weighted by atomic mass is 19.3. The molecule has 17 heavy (non-hydrogen) atoms. The molecule has 6 heteroatoms. The van der Waals surface area contributed by atoms with Crippen LogP contribution in [0.5, 0.6) is 5.75 Å². The van der Waals surface area contributed by atoms with E-state index in [9.17, 15) is 17.6 Å². The average molecular weight is 251 g/mol. The Kier molecular flexibility index (Phi) is 3.66. The van der Waals surface area contributed by atoms with Crippen LogP contribution in [-0.2, 0) is 0 Å². The minimum atomic E-state index is -4.54. The predicted molar refractivity (Wildman–Crippen MR) is 55.2 cm³/mol. The lowest BCUT2D eigenvalue weighted by molar-refractivity contribution is -0.301. The first-order valence-corrected chi connectivity index (χ1v) is 4.93. The van der Waals surface area contributed by atoms with Crippen molar-refractivity contribution in [2.75, 3.05) is 0 Å². The van der Waals surface area contributed by atoms with E-state index < -0.39 is 12.0 Å². The quantitative estimate of drug-likeness (QED) is 0.833. The van der Waals surface area contributed by atoms with E-state index in [1.54, 1.807) is 6.92 Å². The van der Waals surface area contributed by atoms with Crippen LogP contribution in [0.2, 0.25) is 0 Å². The molecular formula is C11H13F4NO. The van der Waals surface area contributed by atoms with E-state index in [1.807, 2.05) is 0 Å². The number of hydrogen-bond donors (Lipinski definition) is 1. The summed E-state index contributed by atoms with van der Waals surface area (Å²) in [6.07, 6.45) is -4.54. The first kappa shape index (κ1) is 13.8. The van der Waals surface area contributed by atoms with Gasteiger partial charge in [0.15, 0.2) is 0 Å². The van der Waals surface area contributed by atoms with Gasteiger partial charge in [0, 0.05) is 13.0 Å². The summed E-state index contributed by atoms with van der Waals surface area (Å²) >= 11 is 0. The van der Waals surface area contributed by atoms with Crippen LogP contribution in [0.1, 0.15) is 25.5 Å². The molecule has 0 bridgehead atoms. The van der Waals surface area contributed by atoms with Crippen molar-refractivity contribution in [2.24, 2.45) is 5.73 Å². The topological polar surface area (TPSA) is 35.2 Å². The van der Waals surface area contributed by atoms with Crippen LogP contribution in [0.15, 0.2) is 24.3 Å². The Bertz CT molecular complexity index is 370. The number of rotatable bonds is 4. The summed E-state index contributed by atoms with van der Waals surface area (Å²) in [5.41, 5.74) is 6.25. The van der Waals surface area contributed by atoms with Gasteiger partial charge in [0.25, 0.3) is 0 Å². The molecule has 1 aromatic carbocycles. The third-order valence-corrected chi connectivity index (χ3v) is 2.16. The van der Waals surface area contributed by atoms with Crippen LogP contribution >= 0.6 is 0 Å². The molecule has 0 fully saturated rings. The fourth-order valence-electron chi connectivity index (χ4n) is 1.08. The van der Waals surface area contributed by atoms with Gasteiger partial charge in [-0.3, -0.25) is 0 Å². The number of halogens is 4. The lowest BCUT2D eigenvalue weighted by Gasteiger charge is -2.23. The maximum Gasteiger partial charge on any atom is 0.463 e. The van der Waals surface area contributed by atoms with Crippen molar-refractivity contribution in [3.63, 3.8) is 0 Å². The minimum absolute atomic E-state index is 0.101. The summed E-state index contributed by atoms with van der Waals surface area (Å²) in [7, 11) is 0. The Labute approximate surface area is 96.4 Å². The molecule has 0 spiro atoms. The lowest BCUT2D eigenvalue weighted by Crippen LogP contribution is -2.42. The molecule has 1 aromatic rings. The van der Waals surface area contributed by atoms with E-state index in [0.717, 1.165) is 0 Å². The van der Waals surface area contributed by atoms with Crippen molar-refractivity contribution in [1.29, 1.82) is 0 Å². The van der Waals surface area contributed by atoms with Crippen molar-refractivity contribution in [1.82, 2.24) is 0 Å². The third kappa shape index (κ3) is 3.33. The standard InChI is InChI=1S/C11H13F4NO/c1-7(16)8-3-5-9(6-4-8)17-11(14,15)10(2,12)13/h3-7H,16H2,1-2H3. The van der Waals surface area contributed by atoms with Crippen molar-refractivity contribution >= 4 is 0 Å². The van der Waals surface area contributed by atoms with Gasteiger partial charge in [0.05, 0.1) is 0 Å². The second kappa shape index (κ2) is 4.52. The smallest absolute Gasteiger partial charge is 0.428 e. The van der Waals surface area contributed by atoms with E-state index in [1.165, 1.54) is 24.3 Å². The number of benzene rings is 1. The maximum atomic E-state index is 12.9. The Morgan fingerprint density at radius 2 is 1.59 bits per heavy atom. The fraction of sp³-hybridized carbons (Fsp3) is 0.455. The van der Waals surface area contributed by atoms with Crippen molar-refractivity contribution in [3.8, 4) is 5.75 Å². The number of nitrogens with two attached hydrogens (primary N) is 1. The first-order valence-electron chi connectivity index (χ1n) is 4.93. The molecule has 0 aliphatic rings. The lowest BCUT2D eigenvalue weighted by atomic mass is 10.1. The zero-order chi connectivity index (χ0) is 13.3. The molecule has 96 valence electrons. The fourth-order valence-corrected chi connectivity index (χ4v) is 1.08. The highest BCUT2D eigenvalue weighted by Gasteiger charge is 2.55. The van der Waals surface area contributed by atoms with E-state index in [2.05, 4.69) is 4.74 Å². The zero-order valence-corrected chi connectivity index (χ0v) is 9.38. The molecule has 2 N–H and O–H groups in total. The normalized spacial score (nSPS) is 14.5. The summed E-state index contributed by atoms with van der Waals surface area (Å²) in [5.74, 6) is -4.58. The van der Waals surface area contributed by atoms with E-state index in [-0.39, 0.29) is 18.7 Å². The molecule has 0 saturated carbocycles. The molecule has 0 amide bonds. The van der Waals surface area contributed by atoms with Crippen molar-refractivity contribution in [3.05, 3.63) is 29.8 Å². The van der Waals surface area contributed by atoms with E-state index in [0.29, 0.717) is 5.56 Å². The van der Waals surface area contributed by atoms with Crippen LogP contribution in [0.25, 0.3) is 0 Å². The second-order valence-electron chi connectivity index (χ2n) is 3.86. The predicted octanol–water partition coefficient (Wildman–Crippen LogP) is 3.33. The van der Waals surface area contributed by atoms with Crippen LogP contribution in [0.4, 0.5) is 17.6 Å². The van der Waals surface area contributed by atoms with Gasteiger partial charge in [0.2, 0.25) is 0 Å². The summed E-state index contributed by atoms with van der Waals surface area (Å²) in [4.78, 5) is 0. The van der Waals surface area contributed by atoms with E-state index in [4.69, 9.17) is 5.73 Å². The summed E-state index contributed by atoms with van der Waals surface area (Å²) < 4.78 is 54.7. The van der Waals surface area contributed by atoms with Gasteiger partial charge in [-0.25, -0.2) is 0 Å². The molecule has 0 aromatic heterocycles. The summed E-state index contributed by atoms with van der Waals surface area (Å²) in [5, 5.41) is 0. The maximum absolute atomic E-state index is 12.9. The zero-order valence-electron chi connectivity index (χ0n) is 9.38. The van der Waals surface area contributed by atoms with Gasteiger partial charge in [-0.1, -0.05) is 12.1 Å². The molecule has 2 nitrogen and oxygen atoms in total.